The van der Waals surface area contributed by atoms with Crippen molar-refractivity contribution in [3.05, 3.63) is 58.4 Å². The van der Waals surface area contributed by atoms with Gasteiger partial charge in [-0.05, 0) is 50.3 Å². The summed E-state index contributed by atoms with van der Waals surface area (Å²) in [7, 11) is 2.20. The van der Waals surface area contributed by atoms with Crippen molar-refractivity contribution >= 4 is 22.2 Å². The van der Waals surface area contributed by atoms with E-state index in [4.69, 9.17) is 4.98 Å². The van der Waals surface area contributed by atoms with E-state index in [2.05, 4.69) is 52.2 Å². The maximum absolute atomic E-state index is 13.5. The molecule has 164 valence electrons. The Morgan fingerprint density at radius 3 is 2.74 bits per heavy atom. The first-order valence-corrected chi connectivity index (χ1v) is 12.6. The van der Waals surface area contributed by atoms with Crippen LogP contribution in [-0.4, -0.2) is 45.2 Å². The Kier molecular flexibility index (Phi) is 6.10. The van der Waals surface area contributed by atoms with Crippen LogP contribution in [0.5, 0.6) is 0 Å². The molecular formula is C25H32N4OS. The molecule has 2 aromatic heterocycles. The van der Waals surface area contributed by atoms with Crippen LogP contribution in [-0.2, 0) is 13.0 Å². The van der Waals surface area contributed by atoms with Crippen molar-refractivity contribution in [3.8, 4) is 0 Å². The molecule has 3 aromatic rings. The number of hydrogen-bond acceptors (Lipinski definition) is 4. The predicted octanol–water partition coefficient (Wildman–Crippen LogP) is 5.31. The second-order valence-electron chi connectivity index (χ2n) is 9.04. The van der Waals surface area contributed by atoms with Gasteiger partial charge in [-0.2, -0.15) is 0 Å². The van der Waals surface area contributed by atoms with E-state index in [1.165, 1.54) is 43.2 Å². The number of likely N-dealkylation sites (tertiary alicyclic amines) is 1. The number of carbonyl (C=O) groups is 1. The Hall–Kier alpha value is -2.18. The molecule has 5 nitrogen and oxygen atoms in total. The molecular weight excluding hydrogens is 404 g/mol. The summed E-state index contributed by atoms with van der Waals surface area (Å²) in [4.78, 5) is 23.7. The smallest absolute Gasteiger partial charge is 0.274 e. The van der Waals surface area contributed by atoms with Crippen LogP contribution in [0.3, 0.4) is 0 Å². The number of fused-ring (bicyclic) bond motifs is 2. The molecule has 1 atom stereocenters. The molecule has 31 heavy (non-hydrogen) atoms. The van der Waals surface area contributed by atoms with E-state index in [1.54, 1.807) is 11.3 Å². The number of thiazole rings is 1. The fraction of sp³-hybridized carbons (Fsp3) is 0.520. The molecule has 0 unspecified atom stereocenters. The second kappa shape index (κ2) is 9.13. The van der Waals surface area contributed by atoms with Crippen LogP contribution in [0.1, 0.15) is 78.3 Å². The number of aromatic nitrogens is 2. The lowest BCUT2D eigenvalue weighted by atomic mass is 9.87. The van der Waals surface area contributed by atoms with Gasteiger partial charge in [0.05, 0.1) is 5.69 Å². The maximum Gasteiger partial charge on any atom is 0.274 e. The Morgan fingerprint density at radius 2 is 1.90 bits per heavy atom. The van der Waals surface area contributed by atoms with Crippen molar-refractivity contribution in [2.75, 3.05) is 20.1 Å². The summed E-state index contributed by atoms with van der Waals surface area (Å²) in [5.74, 6) is 0.116. The average Bonchev–Trinajstić information content (AvgIpc) is 3.35. The number of rotatable bonds is 4. The van der Waals surface area contributed by atoms with Crippen LogP contribution in [0.25, 0.3) is 4.96 Å². The molecule has 1 amide bonds. The first kappa shape index (κ1) is 20.7. The van der Waals surface area contributed by atoms with Gasteiger partial charge in [-0.15, -0.1) is 11.3 Å². The molecule has 0 saturated carbocycles. The molecule has 0 spiro atoms. The number of imidazole rings is 1. The highest BCUT2D eigenvalue weighted by atomic mass is 32.1. The van der Waals surface area contributed by atoms with Crippen molar-refractivity contribution in [2.24, 2.45) is 0 Å². The Morgan fingerprint density at radius 1 is 1.13 bits per heavy atom. The van der Waals surface area contributed by atoms with Gasteiger partial charge in [-0.3, -0.25) is 14.1 Å². The molecule has 1 aliphatic heterocycles. The fourth-order valence-electron chi connectivity index (χ4n) is 5.29. The summed E-state index contributed by atoms with van der Waals surface area (Å²) < 4.78 is 2.13. The molecule has 3 heterocycles. The topological polar surface area (TPSA) is 40.9 Å². The van der Waals surface area contributed by atoms with Crippen molar-refractivity contribution in [1.29, 1.82) is 0 Å². The lowest BCUT2D eigenvalue weighted by Crippen LogP contribution is -2.35. The van der Waals surface area contributed by atoms with E-state index in [9.17, 15) is 4.79 Å². The van der Waals surface area contributed by atoms with Gasteiger partial charge in [-0.25, -0.2) is 4.98 Å². The zero-order valence-electron chi connectivity index (χ0n) is 18.4. The Labute approximate surface area is 188 Å². The predicted molar refractivity (Wildman–Crippen MR) is 126 cm³/mol. The molecule has 1 aromatic carbocycles. The molecule has 5 rings (SSSR count). The summed E-state index contributed by atoms with van der Waals surface area (Å²) in [6.45, 7) is 2.44. The van der Waals surface area contributed by atoms with Gasteiger partial charge in [0.25, 0.3) is 5.91 Å². The first-order valence-electron chi connectivity index (χ1n) is 11.7. The largest absolute Gasteiger partial charge is 0.337 e. The standard InChI is InChI=1S/C25H32N4OS/c1-27(21-13-9-11-19-10-5-6-12-20(19)21)18-22-23(26-25-29(22)16-17-31-25)24(30)28-14-7-3-2-4-8-15-28/h5-6,10,12,16-17,21H,2-4,7-9,11,13-15,18H2,1H3/t21-/m1/s1. The lowest BCUT2D eigenvalue weighted by molar-refractivity contribution is 0.0734. The van der Waals surface area contributed by atoms with Gasteiger partial charge in [0, 0.05) is 37.3 Å². The van der Waals surface area contributed by atoms with E-state index < -0.39 is 0 Å². The first-order chi connectivity index (χ1) is 15.2. The van der Waals surface area contributed by atoms with E-state index in [0.717, 1.165) is 49.6 Å². The summed E-state index contributed by atoms with van der Waals surface area (Å²) in [6.07, 6.45) is 11.5. The zero-order chi connectivity index (χ0) is 21.2. The third kappa shape index (κ3) is 4.15. The molecule has 0 radical (unpaired) electrons. The third-order valence-electron chi connectivity index (χ3n) is 6.98. The molecule has 2 aliphatic rings. The third-order valence-corrected chi connectivity index (χ3v) is 7.73. The minimum absolute atomic E-state index is 0.116. The normalized spacial score (nSPS) is 19.9. The molecule has 0 N–H and O–H groups in total. The van der Waals surface area contributed by atoms with E-state index in [1.807, 2.05) is 4.90 Å². The maximum atomic E-state index is 13.5. The van der Waals surface area contributed by atoms with Gasteiger partial charge in [0.2, 0.25) is 0 Å². The number of aryl methyl sites for hydroxylation is 1. The van der Waals surface area contributed by atoms with Crippen LogP contribution in [0.2, 0.25) is 0 Å². The van der Waals surface area contributed by atoms with Gasteiger partial charge in [0.1, 0.15) is 0 Å². The molecule has 1 fully saturated rings. The highest BCUT2D eigenvalue weighted by molar-refractivity contribution is 7.15. The minimum Gasteiger partial charge on any atom is -0.337 e. The second-order valence-corrected chi connectivity index (χ2v) is 9.92. The van der Waals surface area contributed by atoms with Crippen molar-refractivity contribution in [2.45, 2.75) is 64.0 Å². The van der Waals surface area contributed by atoms with E-state index in [0.29, 0.717) is 11.7 Å². The highest BCUT2D eigenvalue weighted by Crippen LogP contribution is 2.34. The van der Waals surface area contributed by atoms with Crippen molar-refractivity contribution in [3.63, 3.8) is 0 Å². The molecule has 1 saturated heterocycles. The summed E-state index contributed by atoms with van der Waals surface area (Å²) in [5, 5.41) is 2.06. The van der Waals surface area contributed by atoms with Crippen molar-refractivity contribution in [1.82, 2.24) is 19.2 Å². The lowest BCUT2D eigenvalue weighted by Gasteiger charge is -2.33. The van der Waals surface area contributed by atoms with Crippen molar-refractivity contribution < 1.29 is 4.79 Å². The number of benzene rings is 1. The number of amides is 1. The van der Waals surface area contributed by atoms with Crippen LogP contribution in [0.15, 0.2) is 35.8 Å². The summed E-state index contributed by atoms with van der Waals surface area (Å²) >= 11 is 1.61. The van der Waals surface area contributed by atoms with Gasteiger partial charge in [0.15, 0.2) is 10.7 Å². The monoisotopic (exact) mass is 436 g/mol. The zero-order valence-corrected chi connectivity index (χ0v) is 19.2. The Balaban J connectivity index is 1.43. The van der Waals surface area contributed by atoms with E-state index >= 15 is 0 Å². The molecule has 0 bridgehead atoms. The Bertz CT molecular complexity index is 1050. The van der Waals surface area contributed by atoms with Crippen LogP contribution in [0, 0.1) is 0 Å². The minimum atomic E-state index is 0.116. The van der Waals surface area contributed by atoms with Gasteiger partial charge < -0.3 is 4.90 Å². The molecule has 6 heteroatoms. The number of carbonyl (C=O) groups excluding carboxylic acids is 1. The van der Waals surface area contributed by atoms with Crippen LogP contribution < -0.4 is 0 Å². The number of hydrogen-bond donors (Lipinski definition) is 0. The highest BCUT2D eigenvalue weighted by Gasteiger charge is 2.29. The number of nitrogens with zero attached hydrogens (tertiary/aromatic N) is 4. The summed E-state index contributed by atoms with van der Waals surface area (Å²) in [6, 6.07) is 9.23. The van der Waals surface area contributed by atoms with Gasteiger partial charge in [-0.1, -0.05) is 43.5 Å². The molecule has 1 aliphatic carbocycles. The van der Waals surface area contributed by atoms with E-state index in [-0.39, 0.29) is 5.91 Å². The summed E-state index contributed by atoms with van der Waals surface area (Å²) in [5.41, 5.74) is 4.60. The van der Waals surface area contributed by atoms with Crippen LogP contribution >= 0.6 is 11.3 Å². The van der Waals surface area contributed by atoms with Crippen LogP contribution in [0.4, 0.5) is 0 Å². The average molecular weight is 437 g/mol. The SMILES string of the molecule is CN(Cc1c(C(=O)N2CCCCCCC2)nc2sccn12)[C@@H]1CCCc2ccccc21. The van der Waals surface area contributed by atoms with Gasteiger partial charge >= 0.3 is 0 Å². The fourth-order valence-corrected chi connectivity index (χ4v) is 6.02. The quantitative estimate of drug-likeness (QED) is 0.556.